The Balaban J connectivity index is 2.35. The predicted molar refractivity (Wildman–Crippen MR) is 81.2 cm³/mol. The van der Waals surface area contributed by atoms with Gasteiger partial charge in [-0.15, -0.1) is 0 Å². The fraction of sp³-hybridized carbons (Fsp3) is 0.667. The number of hydrogen-bond acceptors (Lipinski definition) is 9. The van der Waals surface area contributed by atoms with E-state index in [0.717, 1.165) is 0 Å². The molecule has 1 amide bonds. The average molecular weight is 358 g/mol. The molecule has 10 nitrogen and oxygen atoms in total. The maximum atomic E-state index is 11.6. The summed E-state index contributed by atoms with van der Waals surface area (Å²) < 4.78 is 16.2. The molecule has 0 aromatic rings. The summed E-state index contributed by atoms with van der Waals surface area (Å²) >= 11 is 0. The Bertz CT molecular complexity index is 580. The summed E-state index contributed by atoms with van der Waals surface area (Å²) in [5.41, 5.74) is -1.06. The highest BCUT2D eigenvalue weighted by molar-refractivity contribution is 5.88. The number of amides is 1. The molecule has 1 saturated heterocycles. The molecule has 0 bridgehead atoms. The Labute approximate surface area is 144 Å². The highest BCUT2D eigenvalue weighted by Crippen LogP contribution is 2.42. The first-order valence-corrected chi connectivity index (χ1v) is 7.70. The van der Waals surface area contributed by atoms with Gasteiger partial charge in [-0.05, 0) is 6.92 Å². The fourth-order valence-electron chi connectivity index (χ4n) is 2.90. The monoisotopic (exact) mass is 358 g/mol. The van der Waals surface area contributed by atoms with Crippen molar-refractivity contribution in [1.29, 1.82) is 0 Å². The summed E-state index contributed by atoms with van der Waals surface area (Å²) in [7, 11) is 0. The zero-order valence-electron chi connectivity index (χ0n) is 14.2. The molecule has 2 rings (SSSR count). The van der Waals surface area contributed by atoms with Crippen LogP contribution in [0.3, 0.4) is 0 Å². The first-order valence-electron chi connectivity index (χ1n) is 7.70. The Hall–Kier alpha value is -2.17. The van der Waals surface area contributed by atoms with Crippen LogP contribution in [0.4, 0.5) is 0 Å². The number of nitrogens with zero attached hydrogens (tertiary/aromatic N) is 1. The number of carbonyl (C=O) groups is 3. The first kappa shape index (κ1) is 19.2. The number of nitrogens with one attached hydrogen (secondary N) is 1. The third kappa shape index (κ3) is 3.91. The molecule has 1 fully saturated rings. The maximum Gasteiger partial charge on any atom is 0.303 e. The molecule has 25 heavy (non-hydrogen) atoms. The second-order valence-electron chi connectivity index (χ2n) is 6.16. The van der Waals surface area contributed by atoms with E-state index in [1.165, 1.54) is 31.0 Å². The average Bonchev–Trinajstić information content (AvgIpc) is 2.78. The first-order chi connectivity index (χ1) is 11.7. The topological polar surface area (TPSA) is 135 Å². The standard InChI is InChI=1S/C15H22N2O8/c1-8(19)23-7-15(3)10(6-18)25-13(12(15)24-9(2)20)17-5-4-11(21)16-14(17)22/h4-5,10,12-14,18,22H,6-7H2,1-3H3,(H,16,21). The van der Waals surface area contributed by atoms with E-state index in [-0.39, 0.29) is 6.61 Å². The van der Waals surface area contributed by atoms with E-state index in [0.29, 0.717) is 0 Å². The molecule has 140 valence electrons. The van der Waals surface area contributed by atoms with Gasteiger partial charge in [0.1, 0.15) is 6.61 Å². The second kappa shape index (κ2) is 7.38. The van der Waals surface area contributed by atoms with Gasteiger partial charge in [0.2, 0.25) is 12.3 Å². The van der Waals surface area contributed by atoms with Crippen LogP contribution in [0, 0.1) is 5.41 Å². The van der Waals surface area contributed by atoms with Gasteiger partial charge in [-0.3, -0.25) is 14.4 Å². The third-order valence-corrected chi connectivity index (χ3v) is 4.24. The van der Waals surface area contributed by atoms with E-state index in [1.54, 1.807) is 6.92 Å². The molecule has 2 aliphatic rings. The minimum Gasteiger partial charge on any atom is -0.465 e. The van der Waals surface area contributed by atoms with Crippen LogP contribution in [0.25, 0.3) is 0 Å². The quantitative estimate of drug-likeness (QED) is 0.498. The van der Waals surface area contributed by atoms with Gasteiger partial charge in [-0.1, -0.05) is 0 Å². The molecule has 5 atom stereocenters. The summed E-state index contributed by atoms with van der Waals surface area (Å²) in [5.74, 6) is -1.63. The Kier molecular flexibility index (Phi) is 5.65. The highest BCUT2D eigenvalue weighted by Gasteiger charge is 2.58. The van der Waals surface area contributed by atoms with E-state index in [1.807, 2.05) is 0 Å². The van der Waals surface area contributed by atoms with Crippen LogP contribution < -0.4 is 5.32 Å². The number of esters is 2. The number of aliphatic hydroxyl groups is 2. The van der Waals surface area contributed by atoms with E-state index >= 15 is 0 Å². The molecule has 0 aromatic heterocycles. The summed E-state index contributed by atoms with van der Waals surface area (Å²) in [4.78, 5) is 35.3. The third-order valence-electron chi connectivity index (χ3n) is 4.24. The largest absolute Gasteiger partial charge is 0.465 e. The van der Waals surface area contributed by atoms with Gasteiger partial charge in [-0.25, -0.2) is 0 Å². The van der Waals surface area contributed by atoms with Crippen LogP contribution in [0.2, 0.25) is 0 Å². The van der Waals surface area contributed by atoms with Crippen LogP contribution in [-0.2, 0) is 28.6 Å². The normalized spacial score (nSPS) is 34.6. The summed E-state index contributed by atoms with van der Waals surface area (Å²) in [6.07, 6.45) is -1.74. The van der Waals surface area contributed by atoms with Crippen molar-refractivity contribution in [2.45, 2.75) is 45.6 Å². The second-order valence-corrected chi connectivity index (χ2v) is 6.16. The molecule has 2 heterocycles. The smallest absolute Gasteiger partial charge is 0.303 e. The molecule has 5 unspecified atom stereocenters. The minimum atomic E-state index is -1.41. The number of rotatable bonds is 5. The molecule has 3 N–H and O–H groups in total. The Morgan fingerprint density at radius 1 is 1.40 bits per heavy atom. The number of hydrogen-bond donors (Lipinski definition) is 3. The van der Waals surface area contributed by atoms with Crippen molar-refractivity contribution in [3.63, 3.8) is 0 Å². The van der Waals surface area contributed by atoms with Crippen LogP contribution in [-0.4, -0.2) is 71.0 Å². The Morgan fingerprint density at radius 2 is 2.08 bits per heavy atom. The van der Waals surface area contributed by atoms with Crippen LogP contribution in [0.5, 0.6) is 0 Å². The number of carbonyl (C=O) groups excluding carboxylic acids is 3. The molecule has 0 spiro atoms. The lowest BCUT2D eigenvalue weighted by Gasteiger charge is -2.38. The molecule has 10 heteroatoms. The van der Waals surface area contributed by atoms with E-state index < -0.39 is 54.7 Å². The molecule has 0 saturated carbocycles. The molecule has 2 aliphatic heterocycles. The lowest BCUT2D eigenvalue weighted by atomic mass is 9.81. The molecular weight excluding hydrogens is 336 g/mol. The Morgan fingerprint density at radius 3 is 2.60 bits per heavy atom. The summed E-state index contributed by atoms with van der Waals surface area (Å²) in [6.45, 7) is 3.50. The van der Waals surface area contributed by atoms with Gasteiger partial charge in [0.05, 0.1) is 18.1 Å². The van der Waals surface area contributed by atoms with Gasteiger partial charge >= 0.3 is 11.9 Å². The lowest BCUT2D eigenvalue weighted by molar-refractivity contribution is -0.175. The molecule has 0 radical (unpaired) electrons. The zero-order valence-corrected chi connectivity index (χ0v) is 14.2. The van der Waals surface area contributed by atoms with Gasteiger partial charge in [-0.2, -0.15) is 0 Å². The van der Waals surface area contributed by atoms with Gasteiger partial charge in [0, 0.05) is 26.1 Å². The molecular formula is C15H22N2O8. The van der Waals surface area contributed by atoms with Crippen molar-refractivity contribution in [2.75, 3.05) is 13.2 Å². The van der Waals surface area contributed by atoms with Crippen molar-refractivity contribution in [1.82, 2.24) is 10.2 Å². The zero-order chi connectivity index (χ0) is 18.8. The van der Waals surface area contributed by atoms with Crippen LogP contribution in [0.15, 0.2) is 12.3 Å². The summed E-state index contributed by atoms with van der Waals surface area (Å²) in [6, 6.07) is 0. The number of aliphatic hydroxyl groups excluding tert-OH is 2. The predicted octanol–water partition coefficient (Wildman–Crippen LogP) is -1.57. The van der Waals surface area contributed by atoms with Crippen molar-refractivity contribution in [3.05, 3.63) is 12.3 Å². The highest BCUT2D eigenvalue weighted by atomic mass is 16.6. The summed E-state index contributed by atoms with van der Waals surface area (Å²) in [5, 5.41) is 22.0. The van der Waals surface area contributed by atoms with Crippen LogP contribution in [0.1, 0.15) is 20.8 Å². The van der Waals surface area contributed by atoms with Crippen molar-refractivity contribution in [3.8, 4) is 0 Å². The SMILES string of the molecule is CC(=O)OCC1(C)C(CO)OC(N2C=CC(=O)NC2O)C1OC(C)=O. The van der Waals surface area contributed by atoms with E-state index in [2.05, 4.69) is 5.32 Å². The van der Waals surface area contributed by atoms with Gasteiger partial charge < -0.3 is 34.6 Å². The minimum absolute atomic E-state index is 0.165. The van der Waals surface area contributed by atoms with Gasteiger partial charge in [0.25, 0.3) is 0 Å². The van der Waals surface area contributed by atoms with Crippen molar-refractivity contribution in [2.24, 2.45) is 5.41 Å². The fourth-order valence-corrected chi connectivity index (χ4v) is 2.90. The maximum absolute atomic E-state index is 11.6. The van der Waals surface area contributed by atoms with Gasteiger partial charge in [0.15, 0.2) is 12.3 Å². The molecule has 0 aliphatic carbocycles. The molecule has 0 aromatic carbocycles. The van der Waals surface area contributed by atoms with E-state index in [9.17, 15) is 24.6 Å². The van der Waals surface area contributed by atoms with Crippen molar-refractivity contribution < 1.29 is 38.8 Å². The number of ether oxygens (including phenoxy) is 3. The lowest BCUT2D eigenvalue weighted by Crippen LogP contribution is -2.57. The van der Waals surface area contributed by atoms with E-state index in [4.69, 9.17) is 14.2 Å². The van der Waals surface area contributed by atoms with Crippen molar-refractivity contribution >= 4 is 17.8 Å². The van der Waals surface area contributed by atoms with Crippen LogP contribution >= 0.6 is 0 Å².